The molecule has 2 heterocycles. The molecule has 0 spiro atoms. The van der Waals surface area contributed by atoms with Gasteiger partial charge in [0.05, 0.1) is 6.42 Å². The molecule has 3 N–H and O–H groups in total. The van der Waals surface area contributed by atoms with Crippen molar-refractivity contribution in [2.75, 3.05) is 18.0 Å². The van der Waals surface area contributed by atoms with E-state index < -0.39 is 12.6 Å². The van der Waals surface area contributed by atoms with Crippen molar-refractivity contribution >= 4 is 11.6 Å². The van der Waals surface area contributed by atoms with Gasteiger partial charge in [0.25, 0.3) is 11.5 Å². The van der Waals surface area contributed by atoms with Gasteiger partial charge in [-0.25, -0.2) is 0 Å². The molecule has 1 saturated carbocycles. The maximum absolute atomic E-state index is 13.4. The number of allylic oxidation sites excluding steroid dienone is 2. The van der Waals surface area contributed by atoms with Crippen LogP contribution in [0.3, 0.4) is 0 Å². The molecule has 2 aliphatic rings. The number of rotatable bonds is 6. The molecular weight excluding hydrogens is 505 g/mol. The summed E-state index contributed by atoms with van der Waals surface area (Å²) in [4.78, 5) is 31.3. The molecule has 6 nitrogen and oxygen atoms in total. The van der Waals surface area contributed by atoms with E-state index in [0.717, 1.165) is 67.6 Å². The minimum atomic E-state index is -4.14. The zero-order valence-electron chi connectivity index (χ0n) is 22.8. The number of carbonyl (C=O) groups excluding carboxylic acids is 1. The van der Waals surface area contributed by atoms with Crippen molar-refractivity contribution in [3.05, 3.63) is 74.7 Å². The number of nitrogens with zero attached hydrogens (tertiary/aromatic N) is 1. The summed E-state index contributed by atoms with van der Waals surface area (Å²) in [5.74, 6) is -0.208. The molecule has 1 fully saturated rings. The van der Waals surface area contributed by atoms with Crippen LogP contribution in [0.4, 0.5) is 18.9 Å². The molecule has 0 saturated heterocycles. The lowest BCUT2D eigenvalue weighted by Crippen LogP contribution is -2.43. The topological polar surface area (TPSA) is 77.2 Å². The monoisotopic (exact) mass is 544 g/mol. The summed E-state index contributed by atoms with van der Waals surface area (Å²) in [6.07, 6.45) is 4.81. The molecule has 0 bridgehead atoms. The largest absolute Gasteiger partial charge is 0.390 e. The number of nitrogens with one attached hydrogen (secondary N) is 3. The zero-order valence-corrected chi connectivity index (χ0v) is 22.8. The highest BCUT2D eigenvalue weighted by Crippen LogP contribution is 2.32. The summed E-state index contributed by atoms with van der Waals surface area (Å²) in [6, 6.07) is 8.13. The second-order valence-corrected chi connectivity index (χ2v) is 10.6. The Morgan fingerprint density at radius 3 is 2.56 bits per heavy atom. The Labute approximate surface area is 228 Å². The van der Waals surface area contributed by atoms with E-state index in [-0.39, 0.29) is 36.6 Å². The summed E-state index contributed by atoms with van der Waals surface area (Å²) in [6.45, 7) is 4.85. The number of hydrogen-bond acceptors (Lipinski definition) is 4. The predicted octanol–water partition coefficient (Wildman–Crippen LogP) is 5.34. The maximum Gasteiger partial charge on any atom is 0.390 e. The number of aryl methyl sites for hydroxylation is 2. The van der Waals surface area contributed by atoms with Crippen LogP contribution in [-0.2, 0) is 19.4 Å². The minimum Gasteiger partial charge on any atom is -0.369 e. The van der Waals surface area contributed by atoms with Crippen molar-refractivity contribution in [2.24, 2.45) is 0 Å². The lowest BCUT2D eigenvalue weighted by molar-refractivity contribution is -0.133. The zero-order chi connectivity index (χ0) is 28.0. The van der Waals surface area contributed by atoms with Gasteiger partial charge in [0.15, 0.2) is 0 Å². The fourth-order valence-corrected chi connectivity index (χ4v) is 5.93. The average Bonchev–Trinajstić information content (AvgIpc) is 2.88. The highest BCUT2D eigenvalue weighted by atomic mass is 19.4. The fourth-order valence-electron chi connectivity index (χ4n) is 5.93. The van der Waals surface area contributed by atoms with Gasteiger partial charge in [-0.1, -0.05) is 18.2 Å². The van der Waals surface area contributed by atoms with E-state index in [1.807, 2.05) is 25.1 Å². The van der Waals surface area contributed by atoms with Crippen LogP contribution in [-0.4, -0.2) is 42.2 Å². The number of aromatic amines is 1. The first kappa shape index (κ1) is 28.9. The maximum atomic E-state index is 13.4. The summed E-state index contributed by atoms with van der Waals surface area (Å²) in [5, 5.41) is 6.06. The fraction of sp³-hybridized carbons (Fsp3) is 0.533. The molecule has 1 amide bonds. The molecule has 39 heavy (non-hydrogen) atoms. The number of fused-ring (bicyclic) bond motifs is 2. The first-order valence-electron chi connectivity index (χ1n) is 14.0. The van der Waals surface area contributed by atoms with E-state index in [1.165, 1.54) is 0 Å². The quantitative estimate of drug-likeness (QED) is 0.430. The number of anilines is 1. The Balaban J connectivity index is 1.52. The highest BCUT2D eigenvalue weighted by molar-refractivity contribution is 5.97. The van der Waals surface area contributed by atoms with Gasteiger partial charge in [-0.2, -0.15) is 13.2 Å². The highest BCUT2D eigenvalue weighted by Gasteiger charge is 2.30. The molecule has 2 aromatic rings. The van der Waals surface area contributed by atoms with Crippen LogP contribution in [0, 0.1) is 6.92 Å². The number of aromatic nitrogens is 1. The van der Waals surface area contributed by atoms with Gasteiger partial charge >= 0.3 is 6.18 Å². The molecule has 1 aromatic carbocycles. The van der Waals surface area contributed by atoms with Gasteiger partial charge in [0, 0.05) is 54.2 Å². The van der Waals surface area contributed by atoms with E-state index in [4.69, 9.17) is 0 Å². The summed E-state index contributed by atoms with van der Waals surface area (Å²) >= 11 is 0. The van der Waals surface area contributed by atoms with Gasteiger partial charge in [0.2, 0.25) is 0 Å². The smallest absolute Gasteiger partial charge is 0.369 e. The molecule has 1 aliphatic carbocycles. The lowest BCUT2D eigenvalue weighted by Gasteiger charge is -2.39. The molecular formula is C30H39F3N4O2. The van der Waals surface area contributed by atoms with Gasteiger partial charge < -0.3 is 20.5 Å². The summed E-state index contributed by atoms with van der Waals surface area (Å²) < 4.78 is 37.6. The molecule has 212 valence electrons. The molecule has 9 heteroatoms. The SMILES string of the molecule is CCN(c1cccc2c1CC=CCCc1cc(C)[nH]c(=O)c1CNC2=O)[C@H]1CC[C@@H](NCCC(F)(F)F)CC1. The number of amides is 1. The standard InChI is InChI=1S/C30H39F3N4O2/c1-3-37(23-14-12-22(13-15-23)34-17-16-30(31,32)33)27-11-7-10-25-24(27)9-6-4-5-8-21-18-20(2)36-29(39)26(21)19-35-28(25)38/h4,6-7,10-11,18,22-23,34H,3,5,8-9,12-17,19H2,1-2H3,(H,35,38)(H,36,39)/t22-,23+. The molecule has 0 unspecified atom stereocenters. The third-order valence-electron chi connectivity index (χ3n) is 7.88. The van der Waals surface area contributed by atoms with Crippen LogP contribution >= 0.6 is 0 Å². The summed E-state index contributed by atoms with van der Waals surface area (Å²) in [7, 11) is 0. The van der Waals surface area contributed by atoms with Gasteiger partial charge in [-0.05, 0) is 88.1 Å². The van der Waals surface area contributed by atoms with Crippen molar-refractivity contribution in [1.82, 2.24) is 15.6 Å². The number of H-pyrrole nitrogens is 1. The van der Waals surface area contributed by atoms with E-state index in [2.05, 4.69) is 45.7 Å². The number of carbonyl (C=O) groups is 1. The number of hydrogen-bond donors (Lipinski definition) is 3. The minimum absolute atomic E-state index is 0.0418. The molecule has 4 rings (SSSR count). The van der Waals surface area contributed by atoms with Crippen LogP contribution in [0.1, 0.15) is 78.2 Å². The predicted molar refractivity (Wildman–Crippen MR) is 148 cm³/mol. The van der Waals surface area contributed by atoms with Crippen LogP contribution in [0.25, 0.3) is 0 Å². The third-order valence-corrected chi connectivity index (χ3v) is 7.88. The summed E-state index contributed by atoms with van der Waals surface area (Å²) in [5.41, 5.74) is 4.77. The van der Waals surface area contributed by atoms with Gasteiger partial charge in [-0.15, -0.1) is 0 Å². The van der Waals surface area contributed by atoms with Crippen molar-refractivity contribution in [3.8, 4) is 0 Å². The molecule has 0 radical (unpaired) electrons. The third kappa shape index (κ3) is 7.53. The number of halogens is 3. The Morgan fingerprint density at radius 2 is 1.85 bits per heavy atom. The molecule has 1 aromatic heterocycles. The van der Waals surface area contributed by atoms with E-state index in [0.29, 0.717) is 17.5 Å². The number of benzene rings is 1. The van der Waals surface area contributed by atoms with Crippen molar-refractivity contribution in [2.45, 2.75) is 90.0 Å². The molecule has 1 aliphatic heterocycles. The Bertz CT molecular complexity index is 1230. The first-order valence-corrected chi connectivity index (χ1v) is 14.0. The second-order valence-electron chi connectivity index (χ2n) is 10.6. The van der Waals surface area contributed by atoms with Crippen molar-refractivity contribution in [1.29, 1.82) is 0 Å². The Morgan fingerprint density at radius 1 is 1.08 bits per heavy atom. The van der Waals surface area contributed by atoms with Crippen LogP contribution in [0.2, 0.25) is 0 Å². The van der Waals surface area contributed by atoms with Crippen LogP contribution in [0.5, 0.6) is 0 Å². The lowest BCUT2D eigenvalue weighted by atomic mass is 9.89. The van der Waals surface area contributed by atoms with Gasteiger partial charge in [0.1, 0.15) is 0 Å². The van der Waals surface area contributed by atoms with E-state index >= 15 is 0 Å². The Kier molecular flexibility index (Phi) is 9.53. The molecule has 0 atom stereocenters. The normalized spacial score (nSPS) is 20.3. The van der Waals surface area contributed by atoms with Crippen LogP contribution < -0.4 is 21.1 Å². The second kappa shape index (κ2) is 12.9. The van der Waals surface area contributed by atoms with E-state index in [9.17, 15) is 22.8 Å². The number of pyridine rings is 1. The number of alkyl halides is 3. The van der Waals surface area contributed by atoms with E-state index in [1.54, 1.807) is 0 Å². The van der Waals surface area contributed by atoms with Crippen molar-refractivity contribution < 1.29 is 18.0 Å². The van der Waals surface area contributed by atoms with Crippen molar-refractivity contribution in [3.63, 3.8) is 0 Å². The van der Waals surface area contributed by atoms with Crippen LogP contribution in [0.15, 0.2) is 41.2 Å². The van der Waals surface area contributed by atoms with Gasteiger partial charge in [-0.3, -0.25) is 9.59 Å². The average molecular weight is 545 g/mol. The first-order chi connectivity index (χ1) is 18.7. The Hall–Kier alpha value is -3.07.